The lowest BCUT2D eigenvalue weighted by molar-refractivity contribution is 0.109. The Bertz CT molecular complexity index is 148. The summed E-state index contributed by atoms with van der Waals surface area (Å²) < 4.78 is 5.32. The van der Waals surface area contributed by atoms with Crippen molar-refractivity contribution < 1.29 is 9.94 Å². The summed E-state index contributed by atoms with van der Waals surface area (Å²) >= 11 is 0. The molecule has 5 heteroatoms. The van der Waals surface area contributed by atoms with Crippen molar-refractivity contribution in [3.8, 4) is 0 Å². The number of hydrogen-bond acceptors (Lipinski definition) is 3. The van der Waals surface area contributed by atoms with E-state index in [-0.39, 0.29) is 5.96 Å². The van der Waals surface area contributed by atoms with E-state index in [0.29, 0.717) is 19.1 Å². The van der Waals surface area contributed by atoms with Crippen LogP contribution in [0.3, 0.4) is 0 Å². The summed E-state index contributed by atoms with van der Waals surface area (Å²) in [4.78, 5) is 3.81. The van der Waals surface area contributed by atoms with Gasteiger partial charge in [0.1, 0.15) is 0 Å². The molecule has 0 amide bonds. The largest absolute Gasteiger partial charge is 0.381 e. The van der Waals surface area contributed by atoms with Gasteiger partial charge in [0.25, 0.3) is 0 Å². The van der Waals surface area contributed by atoms with Gasteiger partial charge in [-0.15, -0.1) is 0 Å². The molecule has 5 nitrogen and oxygen atoms in total. The first-order valence-electron chi connectivity index (χ1n) is 4.44. The van der Waals surface area contributed by atoms with E-state index >= 15 is 0 Å². The van der Waals surface area contributed by atoms with E-state index in [2.05, 4.69) is 18.8 Å². The van der Waals surface area contributed by atoms with E-state index in [9.17, 15) is 0 Å². The van der Waals surface area contributed by atoms with Crippen LogP contribution in [0.15, 0.2) is 4.99 Å². The van der Waals surface area contributed by atoms with Gasteiger partial charge in [-0.2, -0.15) is 0 Å². The molecule has 0 saturated heterocycles. The lowest BCUT2D eigenvalue weighted by atomic mass is 10.2. The Kier molecular flexibility index (Phi) is 7.33. The average molecular weight is 189 g/mol. The van der Waals surface area contributed by atoms with Crippen LogP contribution in [-0.4, -0.2) is 30.9 Å². The SMILES string of the molecule is CC(C)COCCCN=C(N)NO. The van der Waals surface area contributed by atoms with E-state index in [4.69, 9.17) is 15.7 Å². The molecule has 0 aromatic carbocycles. The molecule has 0 aliphatic heterocycles. The predicted molar refractivity (Wildman–Crippen MR) is 51.7 cm³/mol. The molecule has 0 aliphatic carbocycles. The van der Waals surface area contributed by atoms with Gasteiger partial charge in [-0.3, -0.25) is 10.2 Å². The lowest BCUT2D eigenvalue weighted by Crippen LogP contribution is -2.28. The number of hydrogen-bond donors (Lipinski definition) is 3. The number of ether oxygens (including phenoxy) is 1. The van der Waals surface area contributed by atoms with Crippen LogP contribution in [0.2, 0.25) is 0 Å². The van der Waals surface area contributed by atoms with Gasteiger partial charge in [0, 0.05) is 19.8 Å². The minimum Gasteiger partial charge on any atom is -0.381 e. The predicted octanol–water partition coefficient (Wildman–Crippen LogP) is 0.343. The molecule has 0 atom stereocenters. The van der Waals surface area contributed by atoms with E-state index in [0.717, 1.165) is 13.0 Å². The molecule has 0 heterocycles. The Morgan fingerprint density at radius 1 is 1.62 bits per heavy atom. The van der Waals surface area contributed by atoms with Crippen molar-refractivity contribution >= 4 is 5.96 Å². The smallest absolute Gasteiger partial charge is 0.212 e. The van der Waals surface area contributed by atoms with Crippen LogP contribution in [0, 0.1) is 5.92 Å². The molecule has 0 rings (SSSR count). The van der Waals surface area contributed by atoms with Gasteiger partial charge in [0.05, 0.1) is 0 Å². The maximum atomic E-state index is 8.27. The van der Waals surface area contributed by atoms with Gasteiger partial charge in [0.2, 0.25) is 5.96 Å². The van der Waals surface area contributed by atoms with Gasteiger partial charge < -0.3 is 10.5 Å². The topological polar surface area (TPSA) is 79.9 Å². The van der Waals surface area contributed by atoms with Crippen LogP contribution in [0.1, 0.15) is 20.3 Å². The zero-order chi connectivity index (χ0) is 10.1. The molecule has 0 unspecified atom stereocenters. The molecule has 0 fully saturated rings. The molecule has 4 N–H and O–H groups in total. The first-order valence-corrected chi connectivity index (χ1v) is 4.44. The number of hydroxylamine groups is 1. The lowest BCUT2D eigenvalue weighted by Gasteiger charge is -2.05. The van der Waals surface area contributed by atoms with Crippen LogP contribution in [-0.2, 0) is 4.74 Å². The number of guanidine groups is 1. The monoisotopic (exact) mass is 189 g/mol. The summed E-state index contributed by atoms with van der Waals surface area (Å²) in [5, 5.41) is 8.27. The number of nitrogens with one attached hydrogen (secondary N) is 1. The Morgan fingerprint density at radius 3 is 2.85 bits per heavy atom. The third kappa shape index (κ3) is 9.10. The highest BCUT2D eigenvalue weighted by molar-refractivity contribution is 5.76. The molecule has 0 spiro atoms. The molecule has 0 aliphatic rings. The number of nitrogens with two attached hydrogens (primary N) is 1. The first-order chi connectivity index (χ1) is 6.16. The summed E-state index contributed by atoms with van der Waals surface area (Å²) in [6.45, 7) is 6.23. The zero-order valence-corrected chi connectivity index (χ0v) is 8.29. The van der Waals surface area contributed by atoms with E-state index < -0.39 is 0 Å². The minimum absolute atomic E-state index is 0.0452. The second kappa shape index (κ2) is 7.82. The highest BCUT2D eigenvalue weighted by Crippen LogP contribution is 1.93. The van der Waals surface area contributed by atoms with Crippen LogP contribution in [0.5, 0.6) is 0 Å². The maximum Gasteiger partial charge on any atom is 0.212 e. The van der Waals surface area contributed by atoms with Crippen molar-refractivity contribution in [1.29, 1.82) is 0 Å². The van der Waals surface area contributed by atoms with Gasteiger partial charge in [-0.25, -0.2) is 5.48 Å². The van der Waals surface area contributed by atoms with E-state index in [1.165, 1.54) is 0 Å². The molecule has 0 aromatic rings. The second-order valence-corrected chi connectivity index (χ2v) is 3.20. The average Bonchev–Trinajstić information content (AvgIpc) is 2.10. The van der Waals surface area contributed by atoms with Crippen molar-refractivity contribution in [3.63, 3.8) is 0 Å². The van der Waals surface area contributed by atoms with Gasteiger partial charge >= 0.3 is 0 Å². The molecule has 0 bridgehead atoms. The van der Waals surface area contributed by atoms with Gasteiger partial charge in [0.15, 0.2) is 0 Å². The third-order valence-electron chi connectivity index (χ3n) is 1.29. The summed E-state index contributed by atoms with van der Waals surface area (Å²) in [6.07, 6.45) is 0.815. The standard InChI is InChI=1S/C8H19N3O2/c1-7(2)6-13-5-3-4-10-8(9)11-12/h7,12H,3-6H2,1-2H3,(H3,9,10,11). The summed E-state index contributed by atoms with van der Waals surface area (Å²) in [7, 11) is 0. The normalized spacial score (nSPS) is 12.2. The van der Waals surface area contributed by atoms with Gasteiger partial charge in [-0.1, -0.05) is 13.8 Å². The number of aliphatic imine (C=N–C) groups is 1. The highest BCUT2D eigenvalue weighted by atomic mass is 16.5. The Hall–Kier alpha value is -0.810. The highest BCUT2D eigenvalue weighted by Gasteiger charge is 1.93. The van der Waals surface area contributed by atoms with Crippen molar-refractivity contribution in [2.45, 2.75) is 20.3 Å². The maximum absolute atomic E-state index is 8.27. The Morgan fingerprint density at radius 2 is 2.31 bits per heavy atom. The minimum atomic E-state index is 0.0452. The fourth-order valence-electron chi connectivity index (χ4n) is 0.721. The van der Waals surface area contributed by atoms with Crippen molar-refractivity contribution in [3.05, 3.63) is 0 Å². The Labute approximate surface area is 78.9 Å². The fourth-order valence-corrected chi connectivity index (χ4v) is 0.721. The van der Waals surface area contributed by atoms with Crippen LogP contribution in [0.4, 0.5) is 0 Å². The summed E-state index contributed by atoms with van der Waals surface area (Å²) in [6, 6.07) is 0. The molecular formula is C8H19N3O2. The van der Waals surface area contributed by atoms with Crippen LogP contribution >= 0.6 is 0 Å². The van der Waals surface area contributed by atoms with Gasteiger partial charge in [-0.05, 0) is 12.3 Å². The third-order valence-corrected chi connectivity index (χ3v) is 1.29. The number of rotatable bonds is 6. The molecule has 78 valence electrons. The number of nitrogens with zero attached hydrogens (tertiary/aromatic N) is 1. The zero-order valence-electron chi connectivity index (χ0n) is 8.29. The fraction of sp³-hybridized carbons (Fsp3) is 0.875. The molecular weight excluding hydrogens is 170 g/mol. The summed E-state index contributed by atoms with van der Waals surface area (Å²) in [5.74, 6) is 0.608. The van der Waals surface area contributed by atoms with Crippen molar-refractivity contribution in [2.24, 2.45) is 16.6 Å². The quantitative estimate of drug-likeness (QED) is 0.244. The van der Waals surface area contributed by atoms with Crippen LogP contribution < -0.4 is 11.2 Å². The molecule has 13 heavy (non-hydrogen) atoms. The summed E-state index contributed by atoms with van der Waals surface area (Å²) in [5.41, 5.74) is 6.95. The van der Waals surface area contributed by atoms with E-state index in [1.54, 1.807) is 5.48 Å². The van der Waals surface area contributed by atoms with Crippen molar-refractivity contribution in [1.82, 2.24) is 5.48 Å². The first kappa shape index (κ1) is 12.2. The van der Waals surface area contributed by atoms with Crippen LogP contribution in [0.25, 0.3) is 0 Å². The Balaban J connectivity index is 3.17. The molecule has 0 aromatic heterocycles. The molecule has 0 radical (unpaired) electrons. The second-order valence-electron chi connectivity index (χ2n) is 3.20. The molecule has 0 saturated carbocycles. The van der Waals surface area contributed by atoms with E-state index in [1.807, 2.05) is 0 Å². The van der Waals surface area contributed by atoms with Crippen molar-refractivity contribution in [2.75, 3.05) is 19.8 Å².